The second-order valence-corrected chi connectivity index (χ2v) is 2.88. The van der Waals surface area contributed by atoms with E-state index in [1.54, 1.807) is 31.5 Å². The molecule has 0 aromatic heterocycles. The lowest BCUT2D eigenvalue weighted by molar-refractivity contribution is 0.337. The van der Waals surface area contributed by atoms with Gasteiger partial charge in [-0.1, -0.05) is 24.8 Å². The van der Waals surface area contributed by atoms with E-state index in [2.05, 4.69) is 11.6 Å². The monoisotopic (exact) mass is 217 g/mol. The molecule has 0 aromatic rings. The molecule has 16 heavy (non-hydrogen) atoms. The van der Waals surface area contributed by atoms with Gasteiger partial charge in [0.15, 0.2) is 0 Å². The Labute approximate surface area is 98.0 Å². The van der Waals surface area contributed by atoms with E-state index < -0.39 is 0 Å². The summed E-state index contributed by atoms with van der Waals surface area (Å²) in [5, 5.41) is 0. The zero-order valence-electron chi connectivity index (χ0n) is 10.2. The molecule has 0 spiro atoms. The number of hydrogen-bond donors (Lipinski definition) is 0. The number of allylic oxidation sites excluding steroid dienone is 7. The van der Waals surface area contributed by atoms with Gasteiger partial charge in [-0.15, -0.1) is 0 Å². The molecule has 2 nitrogen and oxygen atoms in total. The molecule has 0 rings (SSSR count). The Kier molecular flexibility index (Phi) is 8.60. The van der Waals surface area contributed by atoms with E-state index in [1.165, 1.54) is 0 Å². The predicted octanol–water partition coefficient (Wildman–Crippen LogP) is 3.81. The average Bonchev–Trinajstić information content (AvgIpc) is 2.27. The molecule has 0 radical (unpaired) electrons. The van der Waals surface area contributed by atoms with Crippen LogP contribution < -0.4 is 0 Å². The van der Waals surface area contributed by atoms with E-state index in [9.17, 15) is 0 Å². The standard InChI is InChI=1S/C14H19NO/c1-5-8-13(9-6-2)16-14(10-7-3)11-12-15-4/h5-12H,1H2,2-4H3/b9-6-,10-7-,13-8+,14-11+,15-12-. The predicted molar refractivity (Wildman–Crippen MR) is 71.5 cm³/mol. The van der Waals surface area contributed by atoms with E-state index in [4.69, 9.17) is 4.74 Å². The molecular formula is C14H19NO. The van der Waals surface area contributed by atoms with Crippen LogP contribution >= 0.6 is 0 Å². The van der Waals surface area contributed by atoms with Crippen molar-refractivity contribution in [1.82, 2.24) is 0 Å². The summed E-state index contributed by atoms with van der Waals surface area (Å²) >= 11 is 0. The number of aliphatic imine (C=N–C) groups is 1. The van der Waals surface area contributed by atoms with Crippen molar-refractivity contribution in [2.45, 2.75) is 13.8 Å². The first-order valence-electron chi connectivity index (χ1n) is 5.16. The van der Waals surface area contributed by atoms with Crippen LogP contribution in [0.4, 0.5) is 0 Å². The third kappa shape index (κ3) is 6.60. The topological polar surface area (TPSA) is 21.6 Å². The zero-order chi connectivity index (χ0) is 12.2. The first-order chi connectivity index (χ1) is 7.78. The summed E-state index contributed by atoms with van der Waals surface area (Å²) in [5.74, 6) is 1.48. The second kappa shape index (κ2) is 9.71. The molecule has 0 aromatic carbocycles. The van der Waals surface area contributed by atoms with Crippen LogP contribution in [0.5, 0.6) is 0 Å². The zero-order valence-corrected chi connectivity index (χ0v) is 10.2. The highest BCUT2D eigenvalue weighted by molar-refractivity contribution is 5.72. The molecule has 0 N–H and O–H groups in total. The highest BCUT2D eigenvalue weighted by atomic mass is 16.5. The SMILES string of the molecule is C=C/C=C(\C=C/C)OC(/C=C\C)=C/C=N\C. The molecule has 2 heteroatoms. The summed E-state index contributed by atoms with van der Waals surface area (Å²) in [4.78, 5) is 3.88. The molecular weight excluding hydrogens is 198 g/mol. The van der Waals surface area contributed by atoms with Crippen LogP contribution in [-0.4, -0.2) is 13.3 Å². The van der Waals surface area contributed by atoms with Crippen molar-refractivity contribution < 1.29 is 4.74 Å². The molecule has 0 atom stereocenters. The highest BCUT2D eigenvalue weighted by Crippen LogP contribution is 2.09. The van der Waals surface area contributed by atoms with Gasteiger partial charge >= 0.3 is 0 Å². The van der Waals surface area contributed by atoms with Crippen LogP contribution in [0, 0.1) is 0 Å². The third-order valence-electron chi connectivity index (χ3n) is 1.57. The fourth-order valence-corrected chi connectivity index (χ4v) is 0.976. The van der Waals surface area contributed by atoms with E-state index in [0.717, 1.165) is 11.5 Å². The van der Waals surface area contributed by atoms with Crippen LogP contribution in [0.15, 0.2) is 65.6 Å². The minimum Gasteiger partial charge on any atom is -0.457 e. The molecule has 86 valence electrons. The normalized spacial score (nSPS) is 14.2. The molecule has 0 saturated heterocycles. The van der Waals surface area contributed by atoms with Crippen molar-refractivity contribution in [3.8, 4) is 0 Å². The van der Waals surface area contributed by atoms with Crippen LogP contribution in [0.25, 0.3) is 0 Å². The second-order valence-electron chi connectivity index (χ2n) is 2.88. The average molecular weight is 217 g/mol. The summed E-state index contributed by atoms with van der Waals surface area (Å²) < 4.78 is 5.66. The lowest BCUT2D eigenvalue weighted by Gasteiger charge is -2.05. The molecule has 0 amide bonds. The Hall–Kier alpha value is -1.83. The van der Waals surface area contributed by atoms with Crippen LogP contribution in [0.3, 0.4) is 0 Å². The molecule has 0 aliphatic carbocycles. The van der Waals surface area contributed by atoms with Crippen LogP contribution in [-0.2, 0) is 4.74 Å². The van der Waals surface area contributed by atoms with E-state index in [-0.39, 0.29) is 0 Å². The maximum Gasteiger partial charge on any atom is 0.128 e. The quantitative estimate of drug-likeness (QED) is 0.376. The number of hydrogen-bond acceptors (Lipinski definition) is 2. The van der Waals surface area contributed by atoms with Gasteiger partial charge in [-0.3, -0.25) is 4.99 Å². The number of rotatable bonds is 6. The van der Waals surface area contributed by atoms with Gasteiger partial charge in [0, 0.05) is 13.3 Å². The van der Waals surface area contributed by atoms with Gasteiger partial charge in [0.2, 0.25) is 0 Å². The van der Waals surface area contributed by atoms with Crippen molar-refractivity contribution in [1.29, 1.82) is 0 Å². The van der Waals surface area contributed by atoms with Gasteiger partial charge in [-0.25, -0.2) is 0 Å². The largest absolute Gasteiger partial charge is 0.457 e. The third-order valence-corrected chi connectivity index (χ3v) is 1.57. The Balaban J connectivity index is 4.84. The fourth-order valence-electron chi connectivity index (χ4n) is 0.976. The van der Waals surface area contributed by atoms with E-state index in [1.807, 2.05) is 38.2 Å². The van der Waals surface area contributed by atoms with Crippen molar-refractivity contribution >= 4 is 6.21 Å². The Morgan fingerprint density at radius 1 is 1.06 bits per heavy atom. The van der Waals surface area contributed by atoms with Crippen molar-refractivity contribution in [2.24, 2.45) is 4.99 Å². The Morgan fingerprint density at radius 3 is 2.06 bits per heavy atom. The van der Waals surface area contributed by atoms with Crippen LogP contribution in [0.2, 0.25) is 0 Å². The van der Waals surface area contributed by atoms with Gasteiger partial charge in [-0.05, 0) is 38.2 Å². The maximum atomic E-state index is 5.66. The molecule has 0 unspecified atom stereocenters. The van der Waals surface area contributed by atoms with Crippen LogP contribution in [0.1, 0.15) is 13.8 Å². The summed E-state index contributed by atoms with van der Waals surface area (Å²) in [7, 11) is 1.72. The summed E-state index contributed by atoms with van der Waals surface area (Å²) in [6, 6.07) is 0. The van der Waals surface area contributed by atoms with Gasteiger partial charge < -0.3 is 4.74 Å². The summed E-state index contributed by atoms with van der Waals surface area (Å²) in [6.07, 6.45) is 14.6. The minimum absolute atomic E-state index is 0.735. The lowest BCUT2D eigenvalue weighted by atomic mass is 10.3. The number of nitrogens with zero attached hydrogens (tertiary/aromatic N) is 1. The maximum absolute atomic E-state index is 5.66. The highest BCUT2D eigenvalue weighted by Gasteiger charge is 1.95. The van der Waals surface area contributed by atoms with Crippen molar-refractivity contribution in [2.75, 3.05) is 7.05 Å². The van der Waals surface area contributed by atoms with Gasteiger partial charge in [0.05, 0.1) is 0 Å². The van der Waals surface area contributed by atoms with E-state index in [0.29, 0.717) is 0 Å². The van der Waals surface area contributed by atoms with Gasteiger partial charge in [-0.2, -0.15) is 0 Å². The van der Waals surface area contributed by atoms with Crippen molar-refractivity contribution in [3.63, 3.8) is 0 Å². The molecule has 0 heterocycles. The molecule has 0 aliphatic heterocycles. The molecule has 0 bridgehead atoms. The first kappa shape index (κ1) is 14.2. The minimum atomic E-state index is 0.735. The molecule has 0 aliphatic rings. The van der Waals surface area contributed by atoms with E-state index >= 15 is 0 Å². The smallest absolute Gasteiger partial charge is 0.128 e. The summed E-state index contributed by atoms with van der Waals surface area (Å²) in [6.45, 7) is 7.52. The number of ether oxygens (including phenoxy) is 1. The molecule has 0 saturated carbocycles. The lowest BCUT2D eigenvalue weighted by Crippen LogP contribution is -1.89. The Morgan fingerprint density at radius 2 is 1.62 bits per heavy atom. The van der Waals surface area contributed by atoms with Gasteiger partial charge in [0.25, 0.3) is 0 Å². The molecule has 0 fully saturated rings. The van der Waals surface area contributed by atoms with Gasteiger partial charge in [0.1, 0.15) is 11.5 Å². The Bertz CT molecular complexity index is 344. The summed E-state index contributed by atoms with van der Waals surface area (Å²) in [5.41, 5.74) is 0. The first-order valence-corrected chi connectivity index (χ1v) is 5.16. The van der Waals surface area contributed by atoms with Crippen molar-refractivity contribution in [3.05, 3.63) is 60.6 Å². The fraction of sp³-hybridized carbons (Fsp3) is 0.214.